The maximum atomic E-state index is 4.66. The third kappa shape index (κ3) is 3.53. The van der Waals surface area contributed by atoms with Crippen LogP contribution < -0.4 is 4.57 Å². The standard InChI is InChI=1S/C26H28N3/c1-16(2)24-9-8-21(14-27-24)20-7-10-25-23(13-20)26(29(6)15-28-25)22-12-17(3)11-18(4)19(22)5/h7-16H,1-6H3/q+1. The Morgan fingerprint density at radius 1 is 0.862 bits per heavy atom. The summed E-state index contributed by atoms with van der Waals surface area (Å²) in [6, 6.07) is 15.3. The van der Waals surface area contributed by atoms with Crippen molar-refractivity contribution in [3.63, 3.8) is 0 Å². The first-order chi connectivity index (χ1) is 13.8. The van der Waals surface area contributed by atoms with Crippen LogP contribution in [0.25, 0.3) is 33.3 Å². The number of rotatable bonds is 3. The second kappa shape index (κ2) is 7.40. The van der Waals surface area contributed by atoms with Gasteiger partial charge in [-0.3, -0.25) is 4.98 Å². The fraction of sp³-hybridized carbons (Fsp3) is 0.269. The average molecular weight is 383 g/mol. The van der Waals surface area contributed by atoms with Gasteiger partial charge in [0.15, 0.2) is 5.52 Å². The summed E-state index contributed by atoms with van der Waals surface area (Å²) in [5.41, 5.74) is 10.8. The van der Waals surface area contributed by atoms with Gasteiger partial charge in [-0.25, -0.2) is 4.57 Å². The molecule has 0 aliphatic rings. The molecule has 4 rings (SSSR count). The average Bonchev–Trinajstić information content (AvgIpc) is 2.70. The van der Waals surface area contributed by atoms with E-state index in [-0.39, 0.29) is 0 Å². The van der Waals surface area contributed by atoms with E-state index < -0.39 is 0 Å². The van der Waals surface area contributed by atoms with Gasteiger partial charge in [-0.15, -0.1) is 0 Å². The van der Waals surface area contributed by atoms with Gasteiger partial charge >= 0.3 is 0 Å². The van der Waals surface area contributed by atoms with E-state index in [9.17, 15) is 0 Å². The van der Waals surface area contributed by atoms with Crippen molar-refractivity contribution in [3.8, 4) is 22.4 Å². The molecule has 0 saturated carbocycles. The Labute approximate surface area is 173 Å². The molecule has 0 amide bonds. The summed E-state index contributed by atoms with van der Waals surface area (Å²) in [4.78, 5) is 9.31. The predicted molar refractivity (Wildman–Crippen MR) is 120 cm³/mol. The molecule has 0 aliphatic carbocycles. The number of aromatic nitrogens is 3. The molecule has 0 spiro atoms. The molecular formula is C26H28N3+. The molecule has 0 unspecified atom stereocenters. The number of benzene rings is 2. The molecule has 3 heteroatoms. The largest absolute Gasteiger partial charge is 0.287 e. The summed E-state index contributed by atoms with van der Waals surface area (Å²) in [6.45, 7) is 10.9. The Morgan fingerprint density at radius 3 is 2.31 bits per heavy atom. The third-order valence-corrected chi connectivity index (χ3v) is 5.75. The summed E-state index contributed by atoms with van der Waals surface area (Å²) < 4.78 is 2.13. The SMILES string of the molecule is Cc1cc(C)c(C)c(-c2c3cc(-c4ccc(C(C)C)nc4)ccc3nc[n+]2C)c1. The van der Waals surface area contributed by atoms with Crippen molar-refractivity contribution < 1.29 is 4.57 Å². The Kier molecular flexibility index (Phi) is 4.91. The highest BCUT2D eigenvalue weighted by Gasteiger charge is 2.18. The molecule has 0 N–H and O–H groups in total. The smallest absolute Gasteiger partial charge is 0.260 e. The summed E-state index contributed by atoms with van der Waals surface area (Å²) in [6.07, 6.45) is 3.89. The number of nitrogens with zero attached hydrogens (tertiary/aromatic N) is 3. The van der Waals surface area contributed by atoms with Gasteiger partial charge in [0.25, 0.3) is 6.33 Å². The highest BCUT2D eigenvalue weighted by molar-refractivity contribution is 5.94. The molecule has 2 aromatic heterocycles. The van der Waals surface area contributed by atoms with Crippen LogP contribution in [0.3, 0.4) is 0 Å². The van der Waals surface area contributed by atoms with Crippen LogP contribution in [0.5, 0.6) is 0 Å². The minimum absolute atomic E-state index is 0.433. The van der Waals surface area contributed by atoms with Gasteiger partial charge in [0.05, 0.1) is 12.4 Å². The van der Waals surface area contributed by atoms with Crippen LogP contribution in [0.1, 0.15) is 42.1 Å². The maximum absolute atomic E-state index is 4.66. The lowest BCUT2D eigenvalue weighted by Gasteiger charge is -2.13. The molecule has 0 atom stereocenters. The minimum atomic E-state index is 0.433. The van der Waals surface area contributed by atoms with Gasteiger partial charge in [-0.1, -0.05) is 31.5 Å². The molecule has 3 nitrogen and oxygen atoms in total. The van der Waals surface area contributed by atoms with Crippen LogP contribution in [-0.2, 0) is 7.05 Å². The van der Waals surface area contributed by atoms with Gasteiger partial charge in [0.2, 0.25) is 0 Å². The predicted octanol–water partition coefficient (Wildman–Crippen LogP) is 5.84. The van der Waals surface area contributed by atoms with Gasteiger partial charge in [0.1, 0.15) is 5.69 Å². The molecule has 0 fully saturated rings. The zero-order valence-electron chi connectivity index (χ0n) is 18.1. The molecule has 0 bridgehead atoms. The molecule has 2 aromatic carbocycles. The van der Waals surface area contributed by atoms with E-state index in [0.29, 0.717) is 5.92 Å². The van der Waals surface area contributed by atoms with Crippen molar-refractivity contribution in [1.82, 2.24) is 9.97 Å². The highest BCUT2D eigenvalue weighted by Crippen LogP contribution is 2.32. The lowest BCUT2D eigenvalue weighted by molar-refractivity contribution is -0.662. The van der Waals surface area contributed by atoms with E-state index in [0.717, 1.165) is 27.7 Å². The topological polar surface area (TPSA) is 29.7 Å². The Morgan fingerprint density at radius 2 is 1.62 bits per heavy atom. The zero-order valence-corrected chi connectivity index (χ0v) is 18.1. The van der Waals surface area contributed by atoms with Crippen molar-refractivity contribution in [2.45, 2.75) is 40.5 Å². The van der Waals surface area contributed by atoms with Crippen LogP contribution in [0, 0.1) is 20.8 Å². The highest BCUT2D eigenvalue weighted by atomic mass is 15.0. The minimum Gasteiger partial charge on any atom is -0.260 e. The molecule has 146 valence electrons. The fourth-order valence-electron chi connectivity index (χ4n) is 3.95. The first-order valence-electron chi connectivity index (χ1n) is 10.2. The van der Waals surface area contributed by atoms with Crippen molar-refractivity contribution in [2.24, 2.45) is 7.05 Å². The van der Waals surface area contributed by atoms with Crippen LogP contribution >= 0.6 is 0 Å². The fourth-order valence-corrected chi connectivity index (χ4v) is 3.95. The number of pyridine rings is 1. The summed E-state index contributed by atoms with van der Waals surface area (Å²) >= 11 is 0. The molecule has 29 heavy (non-hydrogen) atoms. The third-order valence-electron chi connectivity index (χ3n) is 5.75. The van der Waals surface area contributed by atoms with Crippen LogP contribution in [0.15, 0.2) is 55.0 Å². The van der Waals surface area contributed by atoms with E-state index in [1.54, 1.807) is 0 Å². The van der Waals surface area contributed by atoms with Crippen molar-refractivity contribution in [2.75, 3.05) is 0 Å². The summed E-state index contributed by atoms with van der Waals surface area (Å²) in [5, 5.41) is 1.16. The van der Waals surface area contributed by atoms with Gasteiger partial charge in [-0.05, 0) is 78.7 Å². The maximum Gasteiger partial charge on any atom is 0.287 e. The van der Waals surface area contributed by atoms with Crippen molar-refractivity contribution in [3.05, 3.63) is 77.4 Å². The Hall–Kier alpha value is -3.07. The van der Waals surface area contributed by atoms with E-state index >= 15 is 0 Å². The molecule has 2 heterocycles. The number of aryl methyl sites for hydroxylation is 3. The quantitative estimate of drug-likeness (QED) is 0.417. The lowest BCUT2D eigenvalue weighted by Crippen LogP contribution is -2.32. The normalized spacial score (nSPS) is 11.4. The van der Waals surface area contributed by atoms with E-state index in [2.05, 4.69) is 98.7 Å². The van der Waals surface area contributed by atoms with Crippen LogP contribution in [0.4, 0.5) is 0 Å². The van der Waals surface area contributed by atoms with Gasteiger partial charge < -0.3 is 0 Å². The van der Waals surface area contributed by atoms with Gasteiger partial charge in [-0.2, -0.15) is 0 Å². The summed E-state index contributed by atoms with van der Waals surface area (Å²) in [5.74, 6) is 0.433. The first-order valence-corrected chi connectivity index (χ1v) is 10.2. The lowest BCUT2D eigenvalue weighted by atomic mass is 9.94. The van der Waals surface area contributed by atoms with E-state index in [1.165, 1.54) is 27.9 Å². The zero-order chi connectivity index (χ0) is 20.7. The number of hydrogen-bond donors (Lipinski definition) is 0. The van der Waals surface area contributed by atoms with Crippen LogP contribution in [-0.4, -0.2) is 9.97 Å². The Balaban J connectivity index is 1.94. The van der Waals surface area contributed by atoms with E-state index in [1.807, 2.05) is 12.5 Å². The summed E-state index contributed by atoms with van der Waals surface area (Å²) in [7, 11) is 2.07. The van der Waals surface area contributed by atoms with E-state index in [4.69, 9.17) is 0 Å². The molecular weight excluding hydrogens is 354 g/mol. The molecule has 4 aromatic rings. The Bertz CT molecular complexity index is 1210. The second-order valence-corrected chi connectivity index (χ2v) is 8.32. The first kappa shape index (κ1) is 19.3. The second-order valence-electron chi connectivity index (χ2n) is 8.32. The monoisotopic (exact) mass is 382 g/mol. The molecule has 0 saturated heterocycles. The molecule has 0 aliphatic heterocycles. The van der Waals surface area contributed by atoms with Crippen LogP contribution in [0.2, 0.25) is 0 Å². The van der Waals surface area contributed by atoms with Crippen molar-refractivity contribution >= 4 is 10.9 Å². The number of fused-ring (bicyclic) bond motifs is 1. The number of hydrogen-bond acceptors (Lipinski definition) is 2. The van der Waals surface area contributed by atoms with Gasteiger partial charge in [0, 0.05) is 23.0 Å². The molecule has 0 radical (unpaired) electrons. The van der Waals surface area contributed by atoms with Crippen molar-refractivity contribution in [1.29, 1.82) is 0 Å².